The van der Waals surface area contributed by atoms with Crippen molar-refractivity contribution in [1.29, 1.82) is 0 Å². The molecule has 0 unspecified atom stereocenters. The number of nitrogen functional groups attached to an aromatic ring is 1. The average Bonchev–Trinajstić information content (AvgIpc) is 1.91. The number of rotatable bonds is 1. The summed E-state index contributed by atoms with van der Waals surface area (Å²) in [7, 11) is 0. The zero-order valence-electron chi connectivity index (χ0n) is 5.93. The summed E-state index contributed by atoms with van der Waals surface area (Å²) >= 11 is 0. The molecular weight excluding hydrogens is 172 g/mol. The van der Waals surface area contributed by atoms with E-state index < -0.39 is 6.36 Å². The fraction of sp³-hybridized carbons (Fsp3) is 0.143. The van der Waals surface area contributed by atoms with Crippen LogP contribution < -0.4 is 10.5 Å². The van der Waals surface area contributed by atoms with Gasteiger partial charge in [-0.25, -0.2) is 0 Å². The predicted octanol–water partition coefficient (Wildman–Crippen LogP) is 2.17. The van der Waals surface area contributed by atoms with E-state index in [1.165, 1.54) is 12.1 Å². The summed E-state index contributed by atoms with van der Waals surface area (Å²) < 4.78 is 38.4. The lowest BCUT2D eigenvalue weighted by molar-refractivity contribution is -0.274. The van der Waals surface area contributed by atoms with Crippen LogP contribution in [0.3, 0.4) is 0 Å². The molecule has 0 heterocycles. The molecule has 12 heavy (non-hydrogen) atoms. The van der Waals surface area contributed by atoms with Crippen molar-refractivity contribution in [3.05, 3.63) is 24.3 Å². The molecule has 1 rings (SSSR count). The molecule has 0 saturated heterocycles. The third kappa shape index (κ3) is 2.69. The number of ether oxygens (including phenoxy) is 1. The molecule has 0 atom stereocenters. The van der Waals surface area contributed by atoms with Crippen molar-refractivity contribution in [1.82, 2.24) is 0 Å². The Morgan fingerprint density at radius 3 is 2.00 bits per heavy atom. The minimum atomic E-state index is -4.64. The van der Waals surface area contributed by atoms with E-state index in [1.54, 1.807) is 0 Å². The number of hydrogen-bond donors (Lipinski definition) is 1. The number of nitrogens with two attached hydrogens (primary N) is 1. The third-order valence-corrected chi connectivity index (χ3v) is 1.11. The van der Waals surface area contributed by atoms with E-state index in [-0.39, 0.29) is 5.75 Å². The average molecular weight is 178 g/mol. The lowest BCUT2D eigenvalue weighted by atomic mass is 10.3. The van der Waals surface area contributed by atoms with Crippen molar-refractivity contribution in [2.75, 3.05) is 5.73 Å². The van der Waals surface area contributed by atoms with Gasteiger partial charge in [-0.15, -0.1) is 13.2 Å². The van der Waals surface area contributed by atoms with Crippen LogP contribution in [-0.4, -0.2) is 6.36 Å². The summed E-state index contributed by atoms with van der Waals surface area (Å²) in [4.78, 5) is 0. The number of benzene rings is 1. The Balaban J connectivity index is 2.71. The molecule has 0 aliphatic rings. The molecule has 0 spiro atoms. The van der Waals surface area contributed by atoms with E-state index in [2.05, 4.69) is 4.74 Å². The lowest BCUT2D eigenvalue weighted by Crippen LogP contribution is -2.16. The Hall–Kier alpha value is -1.39. The van der Waals surface area contributed by atoms with Gasteiger partial charge in [0.15, 0.2) is 0 Å². The molecule has 1 aromatic carbocycles. The van der Waals surface area contributed by atoms with Crippen LogP contribution in [0.25, 0.3) is 0 Å². The maximum absolute atomic E-state index is 11.6. The van der Waals surface area contributed by atoms with Crippen molar-refractivity contribution in [2.24, 2.45) is 0 Å². The molecular formula is C7H6F3NO. The summed E-state index contributed by atoms with van der Waals surface area (Å²) in [6.07, 6.45) is -4.64. The summed E-state index contributed by atoms with van der Waals surface area (Å²) in [5.74, 6) is -0.267. The van der Waals surface area contributed by atoms with Crippen LogP contribution in [0.2, 0.25) is 0 Å². The van der Waals surface area contributed by atoms with Crippen LogP contribution in [0.4, 0.5) is 18.9 Å². The van der Waals surface area contributed by atoms with Gasteiger partial charge >= 0.3 is 6.36 Å². The summed E-state index contributed by atoms with van der Waals surface area (Å²) in [5.41, 5.74) is 5.65. The second-order valence-electron chi connectivity index (χ2n) is 2.12. The van der Waals surface area contributed by atoms with E-state index in [9.17, 15) is 13.2 Å². The highest BCUT2D eigenvalue weighted by atomic mass is 19.4. The van der Waals surface area contributed by atoms with E-state index in [0.29, 0.717) is 5.69 Å². The second-order valence-corrected chi connectivity index (χ2v) is 2.12. The second kappa shape index (κ2) is 2.92. The molecule has 0 amide bonds. The van der Waals surface area contributed by atoms with Crippen LogP contribution in [0, 0.1) is 0 Å². The van der Waals surface area contributed by atoms with Gasteiger partial charge in [-0.05, 0) is 24.3 Å². The number of anilines is 1. The molecule has 0 aromatic heterocycles. The maximum Gasteiger partial charge on any atom is 0.573 e. The normalized spacial score (nSPS) is 11.2. The summed E-state index contributed by atoms with van der Waals surface area (Å²) in [5, 5.41) is 0. The third-order valence-electron chi connectivity index (χ3n) is 1.11. The van der Waals surface area contributed by atoms with Crippen LogP contribution in [0.15, 0.2) is 24.3 Å². The highest BCUT2D eigenvalue weighted by Crippen LogP contribution is 2.22. The van der Waals surface area contributed by atoms with Gasteiger partial charge in [0.2, 0.25) is 0 Å². The first-order valence-corrected chi connectivity index (χ1v) is 3.09. The fourth-order valence-corrected chi connectivity index (χ4v) is 0.669. The van der Waals surface area contributed by atoms with Gasteiger partial charge in [0.05, 0.1) is 0 Å². The maximum atomic E-state index is 11.6. The quantitative estimate of drug-likeness (QED) is 0.528. The first-order chi connectivity index (χ1) is 5.47. The van der Waals surface area contributed by atoms with Gasteiger partial charge < -0.3 is 10.5 Å². The zero-order valence-corrected chi connectivity index (χ0v) is 5.93. The van der Waals surface area contributed by atoms with Crippen molar-refractivity contribution >= 4 is 5.69 Å². The summed E-state index contributed by atoms with van der Waals surface area (Å²) in [6, 6.07) is 4.98. The molecule has 66 valence electrons. The first-order valence-electron chi connectivity index (χ1n) is 3.09. The van der Waals surface area contributed by atoms with Crippen LogP contribution in [-0.2, 0) is 0 Å². The van der Waals surface area contributed by atoms with E-state index in [4.69, 9.17) is 5.73 Å². The topological polar surface area (TPSA) is 35.2 Å². The van der Waals surface area contributed by atoms with Crippen LogP contribution in [0.1, 0.15) is 0 Å². The largest absolute Gasteiger partial charge is 0.573 e. The van der Waals surface area contributed by atoms with Crippen LogP contribution >= 0.6 is 0 Å². The molecule has 0 fully saturated rings. The Bertz CT molecular complexity index is 254. The molecule has 0 saturated carbocycles. The monoisotopic (exact) mass is 178 g/mol. The van der Waals surface area contributed by atoms with Gasteiger partial charge in [0.25, 0.3) is 0 Å². The molecule has 0 aliphatic carbocycles. The first kappa shape index (κ1) is 8.70. The number of hydrogen-bond acceptors (Lipinski definition) is 2. The molecule has 0 bridgehead atoms. The molecule has 1 aromatic rings. The molecule has 0 aliphatic heterocycles. The highest BCUT2D eigenvalue weighted by molar-refractivity contribution is 5.41. The lowest BCUT2D eigenvalue weighted by Gasteiger charge is -2.07. The Morgan fingerprint density at radius 1 is 1.08 bits per heavy atom. The van der Waals surface area contributed by atoms with Gasteiger partial charge in [-0.1, -0.05) is 0 Å². The van der Waals surface area contributed by atoms with Gasteiger partial charge in [0, 0.05) is 5.69 Å². The Kier molecular flexibility index (Phi) is 2.12. The fourth-order valence-electron chi connectivity index (χ4n) is 0.669. The summed E-state index contributed by atoms with van der Waals surface area (Å²) in [6.45, 7) is 0. The van der Waals surface area contributed by atoms with Crippen molar-refractivity contribution < 1.29 is 17.9 Å². The van der Waals surface area contributed by atoms with Crippen molar-refractivity contribution in [3.8, 4) is 5.75 Å². The van der Waals surface area contributed by atoms with Crippen LogP contribution in [0.5, 0.6) is 5.75 Å². The van der Waals surface area contributed by atoms with E-state index in [0.717, 1.165) is 12.1 Å². The number of alkyl halides is 3. The van der Waals surface area contributed by atoms with Gasteiger partial charge in [-0.3, -0.25) is 0 Å². The van der Waals surface area contributed by atoms with Gasteiger partial charge in [-0.2, -0.15) is 0 Å². The predicted molar refractivity (Wildman–Crippen MR) is 37.5 cm³/mol. The highest BCUT2D eigenvalue weighted by Gasteiger charge is 2.30. The minimum absolute atomic E-state index is 0.267. The van der Waals surface area contributed by atoms with Crippen molar-refractivity contribution in [3.63, 3.8) is 0 Å². The zero-order chi connectivity index (χ0) is 9.19. The standard InChI is InChI=1S/C7H6F3NO/c8-7(9,10)12-6-3-1-5(11)2-4-6/h1-4H,11H2/i11+1. The SMILES string of the molecule is [15NH2]c1ccc(OC(F)(F)F)cc1. The smallest absolute Gasteiger partial charge is 0.406 e. The Morgan fingerprint density at radius 2 is 1.58 bits per heavy atom. The van der Waals surface area contributed by atoms with Crippen molar-refractivity contribution in [2.45, 2.75) is 6.36 Å². The Labute approximate surface area is 66.7 Å². The molecule has 2 nitrogen and oxygen atoms in total. The number of halogens is 3. The molecule has 5 heteroatoms. The minimum Gasteiger partial charge on any atom is -0.406 e. The molecule has 2 N–H and O–H groups in total. The molecule has 0 radical (unpaired) electrons. The van der Waals surface area contributed by atoms with E-state index in [1.807, 2.05) is 0 Å². The van der Waals surface area contributed by atoms with E-state index >= 15 is 0 Å². The van der Waals surface area contributed by atoms with Gasteiger partial charge in [0.1, 0.15) is 5.75 Å².